The van der Waals surface area contributed by atoms with Crippen molar-refractivity contribution < 1.29 is 4.79 Å². The van der Waals surface area contributed by atoms with Crippen LogP contribution in [-0.4, -0.2) is 5.78 Å². The molecule has 0 fully saturated rings. The largest absolute Gasteiger partial charge is 0.384 e. The van der Waals surface area contributed by atoms with E-state index in [1.54, 1.807) is 6.08 Å². The van der Waals surface area contributed by atoms with E-state index < -0.39 is 0 Å². The number of hydrogen-bond acceptors (Lipinski definition) is 2. The number of rotatable bonds is 7. The van der Waals surface area contributed by atoms with E-state index in [4.69, 9.17) is 0 Å². The summed E-state index contributed by atoms with van der Waals surface area (Å²) in [4.78, 5) is 11.9. The van der Waals surface area contributed by atoms with Gasteiger partial charge in [-0.15, -0.1) is 0 Å². The van der Waals surface area contributed by atoms with Crippen LogP contribution in [0, 0.1) is 0 Å². The van der Waals surface area contributed by atoms with Gasteiger partial charge in [-0.2, -0.15) is 0 Å². The molecule has 0 bridgehead atoms. The maximum atomic E-state index is 11.9. The Bertz CT molecular complexity index is 587. The van der Waals surface area contributed by atoms with E-state index in [1.165, 1.54) is 11.1 Å². The molecule has 2 rings (SSSR count). The van der Waals surface area contributed by atoms with Gasteiger partial charge in [0.2, 0.25) is 0 Å². The summed E-state index contributed by atoms with van der Waals surface area (Å²) < 4.78 is 0. The zero-order valence-electron chi connectivity index (χ0n) is 12.4. The van der Waals surface area contributed by atoms with Gasteiger partial charge in [0, 0.05) is 18.7 Å². The molecule has 0 heterocycles. The van der Waals surface area contributed by atoms with Crippen molar-refractivity contribution in [2.24, 2.45) is 0 Å². The molecule has 0 spiro atoms. The van der Waals surface area contributed by atoms with E-state index in [-0.39, 0.29) is 5.78 Å². The minimum Gasteiger partial charge on any atom is -0.384 e. The Morgan fingerprint density at radius 1 is 0.952 bits per heavy atom. The summed E-state index contributed by atoms with van der Waals surface area (Å²) in [5.41, 5.74) is 3.33. The van der Waals surface area contributed by atoms with Gasteiger partial charge >= 0.3 is 0 Å². The number of carbonyl (C=O) groups is 1. The van der Waals surface area contributed by atoms with E-state index in [2.05, 4.69) is 29.6 Å². The lowest BCUT2D eigenvalue weighted by atomic mass is 10.1. The Hall–Kier alpha value is -2.35. The van der Waals surface area contributed by atoms with Crippen molar-refractivity contribution >= 4 is 5.78 Å². The molecule has 1 N–H and O–H groups in total. The van der Waals surface area contributed by atoms with Crippen molar-refractivity contribution in [2.75, 3.05) is 0 Å². The zero-order valence-corrected chi connectivity index (χ0v) is 12.4. The Balaban J connectivity index is 1.77. The summed E-state index contributed by atoms with van der Waals surface area (Å²) in [6, 6.07) is 20.3. The number of hydrogen-bond donors (Lipinski definition) is 1. The quantitative estimate of drug-likeness (QED) is 0.779. The molecule has 0 unspecified atom stereocenters. The molecule has 108 valence electrons. The number of allylic oxidation sites excluding steroid dienone is 2. The Morgan fingerprint density at radius 3 is 2.14 bits per heavy atom. The van der Waals surface area contributed by atoms with Crippen LogP contribution in [0.15, 0.2) is 72.4 Å². The van der Waals surface area contributed by atoms with Crippen LogP contribution in [0.4, 0.5) is 0 Å². The van der Waals surface area contributed by atoms with Gasteiger partial charge in [0.05, 0.1) is 0 Å². The van der Waals surface area contributed by atoms with Crippen molar-refractivity contribution in [2.45, 2.75) is 26.3 Å². The van der Waals surface area contributed by atoms with Gasteiger partial charge in [-0.3, -0.25) is 4.79 Å². The maximum Gasteiger partial charge on any atom is 0.157 e. The highest BCUT2D eigenvalue weighted by Crippen LogP contribution is 2.04. The lowest BCUT2D eigenvalue weighted by Gasteiger charge is -2.06. The highest BCUT2D eigenvalue weighted by atomic mass is 16.1. The summed E-state index contributed by atoms with van der Waals surface area (Å²) in [6.45, 7) is 2.68. The Morgan fingerprint density at radius 2 is 1.52 bits per heavy atom. The van der Waals surface area contributed by atoms with Crippen molar-refractivity contribution in [3.05, 3.63) is 83.6 Å². The molecule has 0 radical (unpaired) electrons. The second kappa shape index (κ2) is 8.05. The summed E-state index contributed by atoms with van der Waals surface area (Å²) in [6.07, 6.45) is 3.04. The van der Waals surface area contributed by atoms with E-state index >= 15 is 0 Å². The van der Waals surface area contributed by atoms with Gasteiger partial charge in [0.25, 0.3) is 0 Å². The van der Waals surface area contributed by atoms with Gasteiger partial charge in [0.1, 0.15) is 0 Å². The first-order valence-electron chi connectivity index (χ1n) is 7.27. The molecule has 0 aliphatic carbocycles. The van der Waals surface area contributed by atoms with E-state index in [9.17, 15) is 4.79 Å². The van der Waals surface area contributed by atoms with E-state index in [0.29, 0.717) is 6.42 Å². The highest BCUT2D eigenvalue weighted by Gasteiger charge is 2.00. The molecule has 0 atom stereocenters. The first-order chi connectivity index (χ1) is 10.2. The van der Waals surface area contributed by atoms with E-state index in [1.807, 2.05) is 43.3 Å². The van der Waals surface area contributed by atoms with Crippen LogP contribution in [0.3, 0.4) is 0 Å². The molecule has 2 heteroatoms. The first-order valence-corrected chi connectivity index (χ1v) is 7.27. The Kier molecular flexibility index (Phi) is 5.77. The van der Waals surface area contributed by atoms with Crippen LogP contribution in [0.25, 0.3) is 0 Å². The fraction of sp³-hybridized carbons (Fsp3) is 0.211. The third-order valence-electron chi connectivity index (χ3n) is 3.29. The normalized spacial score (nSPS) is 11.2. The van der Waals surface area contributed by atoms with Gasteiger partial charge in [0.15, 0.2) is 5.78 Å². The third kappa shape index (κ3) is 5.65. The average Bonchev–Trinajstić information content (AvgIpc) is 2.53. The molecule has 0 saturated heterocycles. The molecule has 2 aromatic rings. The van der Waals surface area contributed by atoms with Crippen LogP contribution < -0.4 is 5.32 Å². The second-order valence-electron chi connectivity index (χ2n) is 5.12. The van der Waals surface area contributed by atoms with Crippen LogP contribution >= 0.6 is 0 Å². The van der Waals surface area contributed by atoms with Gasteiger partial charge in [-0.1, -0.05) is 60.7 Å². The fourth-order valence-corrected chi connectivity index (χ4v) is 2.11. The summed E-state index contributed by atoms with van der Waals surface area (Å²) in [5, 5.41) is 3.27. The SMILES string of the molecule is C/C(=C\C(=O)CCc1ccccc1)NCc1ccccc1. The number of carbonyl (C=O) groups excluding carboxylic acids is 1. The van der Waals surface area contributed by atoms with Crippen molar-refractivity contribution in [3.8, 4) is 0 Å². The molecule has 0 aliphatic rings. The van der Waals surface area contributed by atoms with Crippen LogP contribution in [0.1, 0.15) is 24.5 Å². The molecule has 2 aromatic carbocycles. The summed E-state index contributed by atoms with van der Waals surface area (Å²) in [7, 11) is 0. The van der Waals surface area contributed by atoms with E-state index in [0.717, 1.165) is 18.7 Å². The molecular weight excluding hydrogens is 258 g/mol. The van der Waals surface area contributed by atoms with Gasteiger partial charge in [-0.05, 0) is 30.5 Å². The lowest BCUT2D eigenvalue weighted by Crippen LogP contribution is -2.12. The van der Waals surface area contributed by atoms with Crippen molar-refractivity contribution in [3.63, 3.8) is 0 Å². The molecular formula is C19H21NO. The van der Waals surface area contributed by atoms with Crippen LogP contribution in [-0.2, 0) is 17.8 Å². The van der Waals surface area contributed by atoms with Gasteiger partial charge < -0.3 is 5.32 Å². The highest BCUT2D eigenvalue weighted by molar-refractivity contribution is 5.90. The zero-order chi connectivity index (χ0) is 14.9. The standard InChI is InChI=1S/C19H21NO/c1-16(20-15-18-10-6-3-7-11-18)14-19(21)13-12-17-8-4-2-5-9-17/h2-11,14,20H,12-13,15H2,1H3/b16-14+. The Labute approximate surface area is 126 Å². The fourth-order valence-electron chi connectivity index (χ4n) is 2.11. The smallest absolute Gasteiger partial charge is 0.157 e. The van der Waals surface area contributed by atoms with Crippen LogP contribution in [0.5, 0.6) is 0 Å². The van der Waals surface area contributed by atoms with Crippen molar-refractivity contribution in [1.82, 2.24) is 5.32 Å². The van der Waals surface area contributed by atoms with Crippen LogP contribution in [0.2, 0.25) is 0 Å². The maximum absolute atomic E-state index is 11.9. The number of nitrogens with one attached hydrogen (secondary N) is 1. The number of ketones is 1. The lowest BCUT2D eigenvalue weighted by molar-refractivity contribution is -0.114. The predicted octanol–water partition coefficient (Wildman–Crippen LogP) is 3.88. The summed E-state index contributed by atoms with van der Waals surface area (Å²) >= 11 is 0. The minimum atomic E-state index is 0.164. The van der Waals surface area contributed by atoms with Crippen molar-refractivity contribution in [1.29, 1.82) is 0 Å². The molecule has 0 aliphatic heterocycles. The second-order valence-corrected chi connectivity index (χ2v) is 5.12. The number of aryl methyl sites for hydroxylation is 1. The molecule has 21 heavy (non-hydrogen) atoms. The molecule has 2 nitrogen and oxygen atoms in total. The monoisotopic (exact) mass is 279 g/mol. The molecule has 0 aromatic heterocycles. The topological polar surface area (TPSA) is 29.1 Å². The molecule has 0 amide bonds. The molecule has 0 saturated carbocycles. The number of benzene rings is 2. The minimum absolute atomic E-state index is 0.164. The summed E-state index contributed by atoms with van der Waals surface area (Å²) in [5.74, 6) is 0.164. The third-order valence-corrected chi connectivity index (χ3v) is 3.29. The average molecular weight is 279 g/mol. The first kappa shape index (κ1) is 15.0. The van der Waals surface area contributed by atoms with Gasteiger partial charge in [-0.25, -0.2) is 0 Å². The predicted molar refractivity (Wildman–Crippen MR) is 86.8 cm³/mol.